The Kier molecular flexibility index (Phi) is 5.88. The monoisotopic (exact) mass is 505 g/mol. The Bertz CT molecular complexity index is 1680. The molecule has 0 N–H and O–H groups in total. The van der Waals surface area contributed by atoms with Crippen molar-refractivity contribution in [3.05, 3.63) is 144 Å². The minimum absolute atomic E-state index is 1.14. The number of thiophene rings is 1. The van der Waals surface area contributed by atoms with Crippen LogP contribution in [0, 0.1) is 0 Å². The lowest BCUT2D eigenvalue weighted by Crippen LogP contribution is -2.10. The van der Waals surface area contributed by atoms with Crippen LogP contribution in [0.5, 0.6) is 0 Å². The molecule has 1 aromatic heterocycles. The third kappa shape index (κ3) is 4.23. The van der Waals surface area contributed by atoms with Crippen LogP contribution >= 0.6 is 11.3 Å². The fraction of sp³-hybridized carbons (Fsp3) is 0.0556. The summed E-state index contributed by atoms with van der Waals surface area (Å²) < 4.78 is 1.36. The first-order valence-corrected chi connectivity index (χ1v) is 14.0. The molecule has 5 aromatic carbocycles. The van der Waals surface area contributed by atoms with Crippen molar-refractivity contribution in [1.29, 1.82) is 0 Å². The summed E-state index contributed by atoms with van der Waals surface area (Å²) >= 11 is 1.94. The number of allylic oxidation sites excluding steroid dienone is 1. The number of hydrogen-bond acceptors (Lipinski definition) is 2. The summed E-state index contributed by atoms with van der Waals surface area (Å²) in [4.78, 5) is 3.90. The Morgan fingerprint density at radius 1 is 0.526 bits per heavy atom. The largest absolute Gasteiger partial charge is 0.310 e. The molecule has 2 heteroatoms. The Hall–Kier alpha value is -4.40. The zero-order valence-corrected chi connectivity index (χ0v) is 21.9. The van der Waals surface area contributed by atoms with Gasteiger partial charge < -0.3 is 4.90 Å². The summed E-state index contributed by atoms with van der Waals surface area (Å²) in [5, 5.41) is 1.35. The second-order valence-corrected chi connectivity index (χ2v) is 10.9. The van der Waals surface area contributed by atoms with Gasteiger partial charge in [-0.05, 0) is 83.1 Å². The van der Waals surface area contributed by atoms with E-state index in [0.29, 0.717) is 0 Å². The molecule has 7 rings (SSSR count). The van der Waals surface area contributed by atoms with Gasteiger partial charge in [-0.1, -0.05) is 97.1 Å². The highest BCUT2D eigenvalue weighted by Gasteiger charge is 2.18. The summed E-state index contributed by atoms with van der Waals surface area (Å²) in [5.41, 5.74) is 9.74. The van der Waals surface area contributed by atoms with Crippen LogP contribution in [0.1, 0.15) is 16.9 Å². The van der Waals surface area contributed by atoms with E-state index in [1.165, 1.54) is 48.5 Å². The maximum absolute atomic E-state index is 2.40. The summed E-state index contributed by atoms with van der Waals surface area (Å²) in [6.07, 6.45) is 6.91. The topological polar surface area (TPSA) is 3.24 Å². The average molecular weight is 506 g/mol. The minimum Gasteiger partial charge on any atom is -0.310 e. The highest BCUT2D eigenvalue weighted by Crippen LogP contribution is 2.42. The van der Waals surface area contributed by atoms with Crippen molar-refractivity contribution in [1.82, 2.24) is 0 Å². The van der Waals surface area contributed by atoms with Crippen LogP contribution in [0.2, 0.25) is 0 Å². The molecule has 38 heavy (non-hydrogen) atoms. The summed E-state index contributed by atoms with van der Waals surface area (Å²) in [5.74, 6) is 0. The fourth-order valence-electron chi connectivity index (χ4n) is 5.44. The lowest BCUT2D eigenvalue weighted by Gasteiger charge is -2.27. The van der Waals surface area contributed by atoms with Crippen LogP contribution in [-0.2, 0) is 6.42 Å². The maximum Gasteiger partial charge on any atom is 0.0468 e. The molecule has 0 unspecified atom stereocenters. The van der Waals surface area contributed by atoms with E-state index in [1.807, 2.05) is 11.3 Å². The minimum atomic E-state index is 1.14. The third-order valence-electron chi connectivity index (χ3n) is 7.29. The third-order valence-corrected chi connectivity index (χ3v) is 8.54. The molecule has 0 spiro atoms. The van der Waals surface area contributed by atoms with E-state index in [4.69, 9.17) is 0 Å². The zero-order valence-electron chi connectivity index (χ0n) is 21.0. The SMILES string of the molecule is C1=Cc2c(sc3ccc(N(c4cccc(-c5ccccc5)c4)c4cccc(-c5ccccc5)c4)cc23)CC1. The second-order valence-electron chi connectivity index (χ2n) is 9.73. The smallest absolute Gasteiger partial charge is 0.0468 e. The lowest BCUT2D eigenvalue weighted by molar-refractivity contribution is 1.02. The van der Waals surface area contributed by atoms with Gasteiger partial charge in [-0.15, -0.1) is 11.3 Å². The lowest BCUT2D eigenvalue weighted by atomic mass is 10.0. The standard InChI is InChI=1S/C36H27NS/c1-3-11-26(12-4-1)28-15-9-17-30(23-28)37(31-18-10-16-29(24-31)27-13-5-2-6-14-27)32-21-22-36-34(25-32)33-19-7-8-20-35(33)38-36/h1-7,9-19,21-25H,8,20H2. The van der Waals surface area contributed by atoms with Crippen molar-refractivity contribution >= 4 is 44.6 Å². The second kappa shape index (κ2) is 9.81. The van der Waals surface area contributed by atoms with Crippen molar-refractivity contribution in [2.45, 2.75) is 12.8 Å². The number of rotatable bonds is 5. The number of hydrogen-bond donors (Lipinski definition) is 0. The Morgan fingerprint density at radius 3 is 1.74 bits per heavy atom. The van der Waals surface area contributed by atoms with Gasteiger partial charge in [0.1, 0.15) is 0 Å². The fourth-order valence-corrected chi connectivity index (χ4v) is 6.62. The van der Waals surface area contributed by atoms with E-state index < -0.39 is 0 Å². The Morgan fingerprint density at radius 2 is 1.11 bits per heavy atom. The average Bonchev–Trinajstić information content (AvgIpc) is 3.37. The molecule has 1 aliphatic rings. The van der Waals surface area contributed by atoms with Gasteiger partial charge in [0, 0.05) is 32.0 Å². The molecule has 0 aliphatic heterocycles. The number of anilines is 3. The van der Waals surface area contributed by atoms with E-state index in [2.05, 4.69) is 144 Å². The normalized spacial score (nSPS) is 12.4. The summed E-state index contributed by atoms with van der Waals surface area (Å²) in [6.45, 7) is 0. The van der Waals surface area contributed by atoms with Crippen LogP contribution < -0.4 is 4.90 Å². The first kappa shape index (κ1) is 22.8. The van der Waals surface area contributed by atoms with E-state index in [0.717, 1.165) is 24.2 Å². The molecule has 1 aliphatic carbocycles. The Labute approximate surface area is 228 Å². The molecule has 0 amide bonds. The van der Waals surface area contributed by atoms with Gasteiger partial charge in [0.05, 0.1) is 0 Å². The van der Waals surface area contributed by atoms with Crippen molar-refractivity contribution in [3.8, 4) is 22.3 Å². The van der Waals surface area contributed by atoms with Gasteiger partial charge in [0.15, 0.2) is 0 Å². The molecule has 6 aromatic rings. The summed E-state index contributed by atoms with van der Waals surface area (Å²) in [7, 11) is 0. The van der Waals surface area contributed by atoms with Crippen molar-refractivity contribution in [2.75, 3.05) is 4.90 Å². The molecule has 182 valence electrons. The van der Waals surface area contributed by atoms with Gasteiger partial charge in [-0.25, -0.2) is 0 Å². The predicted molar refractivity (Wildman–Crippen MR) is 165 cm³/mol. The number of nitrogens with zero attached hydrogens (tertiary/aromatic N) is 1. The highest BCUT2D eigenvalue weighted by molar-refractivity contribution is 7.19. The van der Waals surface area contributed by atoms with Crippen molar-refractivity contribution in [3.63, 3.8) is 0 Å². The zero-order chi connectivity index (χ0) is 25.3. The van der Waals surface area contributed by atoms with Crippen LogP contribution in [0.25, 0.3) is 38.4 Å². The number of benzene rings is 5. The first-order chi connectivity index (χ1) is 18.8. The van der Waals surface area contributed by atoms with Gasteiger partial charge in [-0.2, -0.15) is 0 Å². The molecule has 0 saturated carbocycles. The number of fused-ring (bicyclic) bond motifs is 3. The molecule has 0 bridgehead atoms. The predicted octanol–water partition coefficient (Wildman–Crippen LogP) is 10.7. The van der Waals surface area contributed by atoms with Gasteiger partial charge in [0.25, 0.3) is 0 Å². The molecule has 0 saturated heterocycles. The van der Waals surface area contributed by atoms with Crippen molar-refractivity contribution < 1.29 is 0 Å². The van der Waals surface area contributed by atoms with Gasteiger partial charge in [-0.3, -0.25) is 0 Å². The van der Waals surface area contributed by atoms with Crippen molar-refractivity contribution in [2.24, 2.45) is 0 Å². The first-order valence-electron chi connectivity index (χ1n) is 13.2. The van der Waals surface area contributed by atoms with E-state index in [1.54, 1.807) is 0 Å². The van der Waals surface area contributed by atoms with Gasteiger partial charge >= 0.3 is 0 Å². The maximum atomic E-state index is 2.40. The molecule has 1 heterocycles. The van der Waals surface area contributed by atoms with Crippen LogP contribution in [0.15, 0.2) is 133 Å². The van der Waals surface area contributed by atoms with Crippen LogP contribution in [0.4, 0.5) is 17.1 Å². The summed E-state index contributed by atoms with van der Waals surface area (Å²) in [6, 6.07) is 46.0. The quantitative estimate of drug-likeness (QED) is 0.225. The van der Waals surface area contributed by atoms with E-state index in [-0.39, 0.29) is 0 Å². The highest BCUT2D eigenvalue weighted by atomic mass is 32.1. The molecule has 0 fully saturated rings. The molecule has 0 radical (unpaired) electrons. The van der Waals surface area contributed by atoms with E-state index in [9.17, 15) is 0 Å². The van der Waals surface area contributed by atoms with Crippen LogP contribution in [0.3, 0.4) is 0 Å². The molecular formula is C36H27NS. The number of aryl methyl sites for hydroxylation is 1. The molecule has 0 atom stereocenters. The van der Waals surface area contributed by atoms with E-state index >= 15 is 0 Å². The van der Waals surface area contributed by atoms with Gasteiger partial charge in [0.2, 0.25) is 0 Å². The van der Waals surface area contributed by atoms with Crippen LogP contribution in [-0.4, -0.2) is 0 Å². The Balaban J connectivity index is 1.41. The molecular weight excluding hydrogens is 478 g/mol. The molecule has 1 nitrogen and oxygen atoms in total.